The number of carboxylic acid groups (broad SMARTS) is 1. The summed E-state index contributed by atoms with van der Waals surface area (Å²) in [6, 6.07) is 6.65. The van der Waals surface area contributed by atoms with Crippen LogP contribution in [0.15, 0.2) is 18.2 Å². The van der Waals surface area contributed by atoms with Gasteiger partial charge in [0.2, 0.25) is 0 Å². The molecule has 0 amide bonds. The molecule has 1 saturated heterocycles. The summed E-state index contributed by atoms with van der Waals surface area (Å²) in [5.41, 5.74) is -0.0878. The molecule has 0 spiro atoms. The molecule has 0 aromatic heterocycles. The molecule has 1 aliphatic rings. The second kappa shape index (κ2) is 6.23. The van der Waals surface area contributed by atoms with E-state index in [9.17, 15) is 14.3 Å². The first kappa shape index (κ1) is 15.5. The van der Waals surface area contributed by atoms with Gasteiger partial charge in [0.25, 0.3) is 0 Å². The average Bonchev–Trinajstić information content (AvgIpc) is 2.50. The fourth-order valence-electron chi connectivity index (χ4n) is 2.89. The van der Waals surface area contributed by atoms with Crippen LogP contribution < -0.4 is 0 Å². The first-order chi connectivity index (χ1) is 10.0. The van der Waals surface area contributed by atoms with Gasteiger partial charge in [0, 0.05) is 12.1 Å². The van der Waals surface area contributed by atoms with E-state index in [4.69, 9.17) is 5.26 Å². The number of nitrogens with zero attached hydrogens (tertiary/aromatic N) is 2. The van der Waals surface area contributed by atoms with Gasteiger partial charge in [0.15, 0.2) is 0 Å². The maximum atomic E-state index is 14.0. The quantitative estimate of drug-likeness (QED) is 0.926. The summed E-state index contributed by atoms with van der Waals surface area (Å²) in [6.45, 7) is 3.59. The zero-order valence-corrected chi connectivity index (χ0v) is 12.1. The van der Waals surface area contributed by atoms with Gasteiger partial charge in [0.1, 0.15) is 11.9 Å². The van der Waals surface area contributed by atoms with Crippen molar-refractivity contribution in [3.63, 3.8) is 0 Å². The number of halogens is 1. The van der Waals surface area contributed by atoms with Gasteiger partial charge in [-0.3, -0.25) is 9.69 Å². The topological polar surface area (TPSA) is 64.3 Å². The third kappa shape index (κ3) is 3.06. The van der Waals surface area contributed by atoms with Crippen LogP contribution in [0.4, 0.5) is 4.39 Å². The van der Waals surface area contributed by atoms with Crippen LogP contribution in [0.1, 0.15) is 37.3 Å². The van der Waals surface area contributed by atoms with Crippen LogP contribution in [0.25, 0.3) is 0 Å². The number of hydrogen-bond acceptors (Lipinski definition) is 3. The van der Waals surface area contributed by atoms with Gasteiger partial charge in [-0.05, 0) is 38.4 Å². The van der Waals surface area contributed by atoms with Crippen LogP contribution in [0.5, 0.6) is 0 Å². The average molecular weight is 290 g/mol. The lowest BCUT2D eigenvalue weighted by Gasteiger charge is -2.38. The Balaban J connectivity index is 2.05. The summed E-state index contributed by atoms with van der Waals surface area (Å²) >= 11 is 0. The lowest BCUT2D eigenvalue weighted by atomic mass is 9.76. The van der Waals surface area contributed by atoms with E-state index in [0.29, 0.717) is 44.5 Å². The molecule has 1 aromatic rings. The first-order valence-electron chi connectivity index (χ1n) is 7.15. The number of piperidine rings is 1. The van der Waals surface area contributed by atoms with Gasteiger partial charge < -0.3 is 5.11 Å². The van der Waals surface area contributed by atoms with Crippen molar-refractivity contribution < 1.29 is 14.3 Å². The molecule has 1 aromatic carbocycles. The van der Waals surface area contributed by atoms with E-state index < -0.39 is 17.2 Å². The predicted octanol–water partition coefficient (Wildman–Crippen LogP) is 2.77. The van der Waals surface area contributed by atoms with Gasteiger partial charge in [0.05, 0.1) is 11.0 Å². The lowest BCUT2D eigenvalue weighted by Crippen LogP contribution is -2.43. The fourth-order valence-corrected chi connectivity index (χ4v) is 2.89. The third-order valence-electron chi connectivity index (χ3n) is 4.54. The molecule has 1 aliphatic heterocycles. The van der Waals surface area contributed by atoms with Crippen LogP contribution in [0.2, 0.25) is 0 Å². The number of hydrogen-bond donors (Lipinski definition) is 1. The van der Waals surface area contributed by atoms with Crippen molar-refractivity contribution in [3.8, 4) is 6.07 Å². The Hall–Kier alpha value is -1.93. The molecule has 21 heavy (non-hydrogen) atoms. The first-order valence-corrected chi connectivity index (χ1v) is 7.15. The minimum Gasteiger partial charge on any atom is -0.481 e. The molecule has 4 nitrogen and oxygen atoms in total. The van der Waals surface area contributed by atoms with Crippen LogP contribution >= 0.6 is 0 Å². The molecule has 0 radical (unpaired) electrons. The van der Waals surface area contributed by atoms with Crippen molar-refractivity contribution >= 4 is 5.97 Å². The van der Waals surface area contributed by atoms with Crippen LogP contribution in [-0.4, -0.2) is 29.1 Å². The van der Waals surface area contributed by atoms with E-state index >= 15 is 0 Å². The standard InChI is InChI=1S/C16H19FN2O2/c1-2-16(15(20)21)6-8-19(9-7-16)11-13-5-3-4-12(10-18)14(13)17/h3-5H,2,6-9,11H2,1H3,(H,20,21). The third-order valence-corrected chi connectivity index (χ3v) is 4.54. The number of carboxylic acids is 1. The number of likely N-dealkylation sites (tertiary alicyclic amines) is 1. The molecule has 0 unspecified atom stereocenters. The van der Waals surface area contributed by atoms with Gasteiger partial charge in [-0.1, -0.05) is 19.1 Å². The SMILES string of the molecule is CCC1(C(=O)O)CCN(Cc2cccc(C#N)c2F)CC1. The highest BCUT2D eigenvalue weighted by molar-refractivity contribution is 5.74. The highest BCUT2D eigenvalue weighted by atomic mass is 19.1. The summed E-state index contributed by atoms with van der Waals surface area (Å²) in [5.74, 6) is -1.20. The summed E-state index contributed by atoms with van der Waals surface area (Å²) in [7, 11) is 0. The number of carbonyl (C=O) groups is 1. The number of rotatable bonds is 4. The fraction of sp³-hybridized carbons (Fsp3) is 0.500. The molecule has 1 N–H and O–H groups in total. The summed E-state index contributed by atoms with van der Waals surface area (Å²) in [6.07, 6.45) is 1.78. The van der Waals surface area contributed by atoms with Gasteiger partial charge >= 0.3 is 5.97 Å². The highest BCUT2D eigenvalue weighted by Crippen LogP contribution is 2.35. The van der Waals surface area contributed by atoms with Gasteiger partial charge in [-0.2, -0.15) is 5.26 Å². The van der Waals surface area contributed by atoms with Crippen molar-refractivity contribution in [2.45, 2.75) is 32.7 Å². The van der Waals surface area contributed by atoms with Crippen molar-refractivity contribution in [1.29, 1.82) is 5.26 Å². The highest BCUT2D eigenvalue weighted by Gasteiger charge is 2.39. The Morgan fingerprint density at radius 1 is 1.48 bits per heavy atom. The van der Waals surface area contributed by atoms with Crippen molar-refractivity contribution in [1.82, 2.24) is 4.90 Å². The van der Waals surface area contributed by atoms with E-state index in [-0.39, 0.29) is 5.56 Å². The number of nitriles is 1. The van der Waals surface area contributed by atoms with Crippen molar-refractivity contribution in [2.75, 3.05) is 13.1 Å². The summed E-state index contributed by atoms with van der Waals surface area (Å²) in [5, 5.41) is 18.2. The van der Waals surface area contributed by atoms with Crippen molar-refractivity contribution in [2.24, 2.45) is 5.41 Å². The molecule has 1 heterocycles. The van der Waals surface area contributed by atoms with Crippen LogP contribution in [-0.2, 0) is 11.3 Å². The van der Waals surface area contributed by atoms with E-state index in [2.05, 4.69) is 4.90 Å². The van der Waals surface area contributed by atoms with E-state index in [1.165, 1.54) is 6.07 Å². The molecule has 0 atom stereocenters. The Morgan fingerprint density at radius 3 is 2.67 bits per heavy atom. The zero-order valence-electron chi connectivity index (χ0n) is 12.1. The van der Waals surface area contributed by atoms with E-state index in [0.717, 1.165) is 0 Å². The Morgan fingerprint density at radius 2 is 2.14 bits per heavy atom. The summed E-state index contributed by atoms with van der Waals surface area (Å²) < 4.78 is 14.0. The monoisotopic (exact) mass is 290 g/mol. The molecule has 5 heteroatoms. The van der Waals surface area contributed by atoms with Crippen molar-refractivity contribution in [3.05, 3.63) is 35.1 Å². The molecule has 0 aliphatic carbocycles. The van der Waals surface area contributed by atoms with E-state index in [1.807, 2.05) is 13.0 Å². The maximum Gasteiger partial charge on any atom is 0.309 e. The molecule has 0 bridgehead atoms. The minimum absolute atomic E-state index is 0.0537. The smallest absolute Gasteiger partial charge is 0.309 e. The maximum absolute atomic E-state index is 14.0. The Kier molecular flexibility index (Phi) is 4.59. The van der Waals surface area contributed by atoms with Crippen LogP contribution in [0.3, 0.4) is 0 Å². The Labute approximate surface area is 123 Å². The predicted molar refractivity (Wildman–Crippen MR) is 76.0 cm³/mol. The number of benzene rings is 1. The minimum atomic E-state index is -0.734. The zero-order chi connectivity index (χ0) is 15.5. The van der Waals surface area contributed by atoms with E-state index in [1.54, 1.807) is 12.1 Å². The van der Waals surface area contributed by atoms with Crippen LogP contribution in [0, 0.1) is 22.6 Å². The molecular weight excluding hydrogens is 271 g/mol. The number of aliphatic carboxylic acids is 1. The second-order valence-corrected chi connectivity index (χ2v) is 5.61. The molecule has 1 fully saturated rings. The molecule has 2 rings (SSSR count). The van der Waals surface area contributed by atoms with Gasteiger partial charge in [-0.25, -0.2) is 4.39 Å². The largest absolute Gasteiger partial charge is 0.481 e. The lowest BCUT2D eigenvalue weighted by molar-refractivity contribution is -0.152. The Bertz CT molecular complexity index is 572. The molecule has 0 saturated carbocycles. The normalized spacial score (nSPS) is 18.1. The van der Waals surface area contributed by atoms with Gasteiger partial charge in [-0.15, -0.1) is 0 Å². The molecule has 112 valence electrons. The molecular formula is C16H19FN2O2. The second-order valence-electron chi connectivity index (χ2n) is 5.61. The summed E-state index contributed by atoms with van der Waals surface area (Å²) in [4.78, 5) is 13.4.